The standard InChI is InChI=1S/C18H11ClFN3OS/c19-18-22-16(21-12-2-1-3-13(24)8-12)15-14(9-25-17(15)23-18)10-4-6-11(20)7-5-10/h1-9,24H,(H,21,22,23). The molecule has 2 heterocycles. The van der Waals surface area contributed by atoms with E-state index in [4.69, 9.17) is 11.6 Å². The van der Waals surface area contributed by atoms with Gasteiger partial charge in [0.15, 0.2) is 0 Å². The predicted octanol–water partition coefficient (Wildman–Crippen LogP) is 5.60. The Morgan fingerprint density at radius 2 is 1.88 bits per heavy atom. The van der Waals surface area contributed by atoms with Crippen LogP contribution in [0.5, 0.6) is 5.75 Å². The van der Waals surface area contributed by atoms with E-state index in [1.165, 1.54) is 23.5 Å². The summed E-state index contributed by atoms with van der Waals surface area (Å²) in [5, 5.41) is 15.7. The molecule has 7 heteroatoms. The van der Waals surface area contributed by atoms with E-state index in [-0.39, 0.29) is 16.9 Å². The number of nitrogens with zero attached hydrogens (tertiary/aromatic N) is 2. The number of aromatic hydroxyl groups is 1. The first-order valence-corrected chi connectivity index (χ1v) is 8.62. The van der Waals surface area contributed by atoms with Crippen molar-refractivity contribution < 1.29 is 9.50 Å². The van der Waals surface area contributed by atoms with E-state index in [9.17, 15) is 9.50 Å². The van der Waals surface area contributed by atoms with E-state index in [0.717, 1.165) is 21.3 Å². The second-order valence-corrected chi connectivity index (χ2v) is 6.55. The predicted molar refractivity (Wildman–Crippen MR) is 99.2 cm³/mol. The molecule has 25 heavy (non-hydrogen) atoms. The molecule has 2 N–H and O–H groups in total. The van der Waals surface area contributed by atoms with Crippen LogP contribution in [-0.2, 0) is 0 Å². The van der Waals surface area contributed by atoms with Crippen molar-refractivity contribution in [2.24, 2.45) is 0 Å². The summed E-state index contributed by atoms with van der Waals surface area (Å²) in [5.74, 6) is 0.382. The highest BCUT2D eigenvalue weighted by Gasteiger charge is 2.15. The third-order valence-corrected chi connectivity index (χ3v) is 4.71. The van der Waals surface area contributed by atoms with Crippen LogP contribution in [0.3, 0.4) is 0 Å². The Morgan fingerprint density at radius 1 is 1.08 bits per heavy atom. The Morgan fingerprint density at radius 3 is 2.64 bits per heavy atom. The molecule has 4 aromatic rings. The van der Waals surface area contributed by atoms with E-state index >= 15 is 0 Å². The molecule has 0 amide bonds. The summed E-state index contributed by atoms with van der Waals surface area (Å²) in [5.41, 5.74) is 2.42. The number of anilines is 2. The quantitative estimate of drug-likeness (QED) is 0.460. The van der Waals surface area contributed by atoms with Gasteiger partial charge in [-0.05, 0) is 41.4 Å². The van der Waals surface area contributed by atoms with Crippen LogP contribution < -0.4 is 5.32 Å². The maximum absolute atomic E-state index is 13.2. The number of nitrogens with one attached hydrogen (secondary N) is 1. The summed E-state index contributed by atoms with van der Waals surface area (Å²) >= 11 is 7.48. The molecule has 4 rings (SSSR count). The van der Waals surface area contributed by atoms with Crippen molar-refractivity contribution in [1.29, 1.82) is 0 Å². The van der Waals surface area contributed by atoms with Crippen LogP contribution in [0.1, 0.15) is 0 Å². The Kier molecular flexibility index (Phi) is 3.99. The van der Waals surface area contributed by atoms with Gasteiger partial charge in [0.05, 0.1) is 5.39 Å². The number of fused-ring (bicyclic) bond motifs is 1. The third-order valence-electron chi connectivity index (χ3n) is 3.67. The fourth-order valence-corrected chi connectivity index (χ4v) is 3.73. The number of phenolic OH excluding ortho intramolecular Hbond substituents is 1. The van der Waals surface area contributed by atoms with Crippen molar-refractivity contribution >= 4 is 44.7 Å². The topological polar surface area (TPSA) is 58.0 Å². The van der Waals surface area contributed by atoms with Gasteiger partial charge in [-0.25, -0.2) is 9.37 Å². The molecule has 4 nitrogen and oxygen atoms in total. The second kappa shape index (κ2) is 6.31. The van der Waals surface area contributed by atoms with Gasteiger partial charge >= 0.3 is 0 Å². The number of benzene rings is 2. The fraction of sp³-hybridized carbons (Fsp3) is 0. The average molecular weight is 372 g/mol. The molecule has 0 unspecified atom stereocenters. The number of halogens is 2. The van der Waals surface area contributed by atoms with Crippen LogP contribution in [0.2, 0.25) is 5.28 Å². The maximum atomic E-state index is 13.2. The Labute approximate surface area is 151 Å². The smallest absolute Gasteiger partial charge is 0.225 e. The normalized spacial score (nSPS) is 11.0. The number of rotatable bonds is 3. The minimum absolute atomic E-state index is 0.127. The second-order valence-electron chi connectivity index (χ2n) is 5.35. The zero-order valence-electron chi connectivity index (χ0n) is 12.7. The molecule has 0 fully saturated rings. The lowest BCUT2D eigenvalue weighted by Crippen LogP contribution is -1.96. The largest absolute Gasteiger partial charge is 0.508 e. The zero-order valence-corrected chi connectivity index (χ0v) is 14.3. The lowest BCUT2D eigenvalue weighted by molar-refractivity contribution is 0.475. The summed E-state index contributed by atoms with van der Waals surface area (Å²) < 4.78 is 13.2. The molecular formula is C18H11ClFN3OS. The minimum Gasteiger partial charge on any atom is -0.508 e. The lowest BCUT2D eigenvalue weighted by Gasteiger charge is -2.09. The summed E-state index contributed by atoms with van der Waals surface area (Å²) in [6.07, 6.45) is 0. The highest BCUT2D eigenvalue weighted by atomic mass is 35.5. The highest BCUT2D eigenvalue weighted by molar-refractivity contribution is 7.17. The highest BCUT2D eigenvalue weighted by Crippen LogP contribution is 2.38. The van der Waals surface area contributed by atoms with Crippen LogP contribution >= 0.6 is 22.9 Å². The fourth-order valence-electron chi connectivity index (χ4n) is 2.57. The van der Waals surface area contributed by atoms with Gasteiger partial charge < -0.3 is 10.4 Å². The molecule has 0 aliphatic heterocycles. The number of aromatic nitrogens is 2. The zero-order chi connectivity index (χ0) is 17.4. The van der Waals surface area contributed by atoms with Gasteiger partial charge in [0, 0.05) is 22.7 Å². The Hall–Kier alpha value is -2.70. The molecule has 0 saturated carbocycles. The SMILES string of the molecule is Oc1cccc(Nc2nc(Cl)nc3scc(-c4ccc(F)cc4)c23)c1. The van der Waals surface area contributed by atoms with Crippen LogP contribution in [0.15, 0.2) is 53.9 Å². The van der Waals surface area contributed by atoms with Crippen LogP contribution in [0.4, 0.5) is 15.9 Å². The minimum atomic E-state index is -0.291. The van der Waals surface area contributed by atoms with E-state index < -0.39 is 0 Å². The van der Waals surface area contributed by atoms with E-state index in [1.54, 1.807) is 30.3 Å². The van der Waals surface area contributed by atoms with Crippen molar-refractivity contribution in [3.8, 4) is 16.9 Å². The first-order chi connectivity index (χ1) is 12.1. The molecule has 0 spiro atoms. The van der Waals surface area contributed by atoms with E-state index in [0.29, 0.717) is 11.5 Å². The van der Waals surface area contributed by atoms with Gasteiger partial charge in [0.2, 0.25) is 5.28 Å². The number of phenols is 1. The van der Waals surface area contributed by atoms with E-state index in [1.807, 2.05) is 11.4 Å². The van der Waals surface area contributed by atoms with Gasteiger partial charge in [0.1, 0.15) is 22.2 Å². The number of hydrogen-bond donors (Lipinski definition) is 2. The van der Waals surface area contributed by atoms with Gasteiger partial charge in [-0.2, -0.15) is 4.98 Å². The first kappa shape index (κ1) is 15.8. The molecule has 124 valence electrons. The molecule has 0 atom stereocenters. The third kappa shape index (κ3) is 3.14. The van der Waals surface area contributed by atoms with Crippen molar-refractivity contribution in [2.45, 2.75) is 0 Å². The van der Waals surface area contributed by atoms with Crippen molar-refractivity contribution in [3.05, 3.63) is 65.0 Å². The molecule has 0 aliphatic carbocycles. The number of hydrogen-bond acceptors (Lipinski definition) is 5. The van der Waals surface area contributed by atoms with Crippen molar-refractivity contribution in [2.75, 3.05) is 5.32 Å². The summed E-state index contributed by atoms with van der Waals surface area (Å²) in [7, 11) is 0. The molecule has 0 aliphatic rings. The molecular weight excluding hydrogens is 361 g/mol. The molecule has 0 saturated heterocycles. The molecule has 0 bridgehead atoms. The van der Waals surface area contributed by atoms with Gasteiger partial charge in [-0.15, -0.1) is 11.3 Å². The van der Waals surface area contributed by atoms with E-state index in [2.05, 4.69) is 15.3 Å². The van der Waals surface area contributed by atoms with Gasteiger partial charge in [-0.1, -0.05) is 18.2 Å². The first-order valence-electron chi connectivity index (χ1n) is 7.37. The summed E-state index contributed by atoms with van der Waals surface area (Å²) in [6.45, 7) is 0. The monoisotopic (exact) mass is 371 g/mol. The summed E-state index contributed by atoms with van der Waals surface area (Å²) in [6, 6.07) is 13.0. The Balaban J connectivity index is 1.88. The summed E-state index contributed by atoms with van der Waals surface area (Å²) in [4.78, 5) is 9.29. The van der Waals surface area contributed by atoms with Crippen LogP contribution in [0, 0.1) is 5.82 Å². The van der Waals surface area contributed by atoms with Crippen molar-refractivity contribution in [1.82, 2.24) is 9.97 Å². The maximum Gasteiger partial charge on any atom is 0.225 e. The van der Waals surface area contributed by atoms with Gasteiger partial charge in [0.25, 0.3) is 0 Å². The van der Waals surface area contributed by atoms with Crippen LogP contribution in [-0.4, -0.2) is 15.1 Å². The molecule has 2 aromatic heterocycles. The van der Waals surface area contributed by atoms with Gasteiger partial charge in [-0.3, -0.25) is 0 Å². The average Bonchev–Trinajstić information content (AvgIpc) is 2.99. The van der Waals surface area contributed by atoms with Crippen LogP contribution in [0.25, 0.3) is 21.3 Å². The lowest BCUT2D eigenvalue weighted by atomic mass is 10.1. The molecule has 2 aromatic carbocycles. The number of thiophene rings is 1. The Bertz CT molecular complexity index is 1070. The van der Waals surface area contributed by atoms with Crippen molar-refractivity contribution in [3.63, 3.8) is 0 Å². The molecule has 0 radical (unpaired) electrons.